The summed E-state index contributed by atoms with van der Waals surface area (Å²) in [7, 11) is 0. The van der Waals surface area contributed by atoms with Crippen molar-refractivity contribution in [3.05, 3.63) is 81.2 Å². The van der Waals surface area contributed by atoms with Crippen molar-refractivity contribution in [2.45, 2.75) is 19.8 Å². The van der Waals surface area contributed by atoms with Crippen molar-refractivity contribution in [3.8, 4) is 0 Å². The molecule has 5 rings (SSSR count). The molecular formula is C26H19FINO2. The van der Waals surface area contributed by atoms with Crippen molar-refractivity contribution in [1.29, 1.82) is 0 Å². The van der Waals surface area contributed by atoms with Gasteiger partial charge in [0.15, 0.2) is 11.6 Å². The van der Waals surface area contributed by atoms with Crippen LogP contribution in [0.1, 0.15) is 35.7 Å². The lowest BCUT2D eigenvalue weighted by Crippen LogP contribution is -2.32. The number of ketones is 2. The van der Waals surface area contributed by atoms with Gasteiger partial charge in [-0.15, -0.1) is 0 Å². The van der Waals surface area contributed by atoms with Gasteiger partial charge in [-0.25, -0.2) is 4.39 Å². The van der Waals surface area contributed by atoms with Gasteiger partial charge in [-0.05, 0) is 75.5 Å². The number of carbonyl (C=O) groups is 2. The second kappa shape index (κ2) is 7.41. The van der Waals surface area contributed by atoms with Crippen molar-refractivity contribution in [2.24, 2.45) is 5.92 Å². The zero-order chi connectivity index (χ0) is 21.9. The minimum atomic E-state index is -0.662. The van der Waals surface area contributed by atoms with Crippen molar-refractivity contribution >= 4 is 67.1 Å². The summed E-state index contributed by atoms with van der Waals surface area (Å²) in [5.74, 6) is -1.52. The van der Waals surface area contributed by atoms with E-state index in [9.17, 15) is 14.0 Å². The summed E-state index contributed by atoms with van der Waals surface area (Å²) in [6, 6.07) is 18.7. The summed E-state index contributed by atoms with van der Waals surface area (Å²) >= 11 is 2.08. The number of hydrogen-bond donors (Lipinski definition) is 1. The van der Waals surface area contributed by atoms with E-state index in [1.54, 1.807) is 13.0 Å². The van der Waals surface area contributed by atoms with Crippen LogP contribution >= 0.6 is 22.6 Å². The summed E-state index contributed by atoms with van der Waals surface area (Å²) in [4.78, 5) is 25.7. The summed E-state index contributed by atoms with van der Waals surface area (Å²) < 4.78 is 15.4. The van der Waals surface area contributed by atoms with Gasteiger partial charge in [-0.1, -0.05) is 43.3 Å². The van der Waals surface area contributed by atoms with Crippen LogP contribution in [0.15, 0.2) is 60.7 Å². The van der Waals surface area contributed by atoms with Gasteiger partial charge in [0.2, 0.25) is 0 Å². The predicted octanol–water partition coefficient (Wildman–Crippen LogP) is 6.99. The monoisotopic (exact) mass is 523 g/mol. The minimum absolute atomic E-state index is 0.0445. The lowest BCUT2D eigenvalue weighted by molar-refractivity contribution is -0.122. The Morgan fingerprint density at radius 1 is 0.806 bits per heavy atom. The highest BCUT2D eigenvalue weighted by atomic mass is 127. The molecule has 5 heteroatoms. The molecule has 1 aliphatic carbocycles. The Balaban J connectivity index is 1.82. The number of rotatable bonds is 2. The van der Waals surface area contributed by atoms with Gasteiger partial charge in [0.25, 0.3) is 0 Å². The number of benzene rings is 4. The van der Waals surface area contributed by atoms with E-state index >= 15 is 0 Å². The molecule has 31 heavy (non-hydrogen) atoms. The van der Waals surface area contributed by atoms with Crippen molar-refractivity contribution in [3.63, 3.8) is 0 Å². The highest BCUT2D eigenvalue weighted by molar-refractivity contribution is 14.1. The minimum Gasteiger partial charge on any atom is -0.353 e. The van der Waals surface area contributed by atoms with Gasteiger partial charge in [-0.3, -0.25) is 9.59 Å². The number of nitrogens with one attached hydrogen (secondary N) is 1. The van der Waals surface area contributed by atoms with Gasteiger partial charge >= 0.3 is 0 Å². The second-order valence-corrected chi connectivity index (χ2v) is 9.30. The number of Topliss-reactive ketones (excluding diaryl/α,β-unsaturated/α-hetero) is 2. The van der Waals surface area contributed by atoms with Gasteiger partial charge in [-0.2, -0.15) is 0 Å². The zero-order valence-electron chi connectivity index (χ0n) is 17.0. The summed E-state index contributed by atoms with van der Waals surface area (Å²) in [5, 5.41) is 6.88. The zero-order valence-corrected chi connectivity index (χ0v) is 19.2. The molecule has 4 aromatic carbocycles. The van der Waals surface area contributed by atoms with Gasteiger partial charge in [0, 0.05) is 26.1 Å². The largest absolute Gasteiger partial charge is 0.353 e. The molecule has 0 radical (unpaired) electrons. The molecule has 4 aromatic rings. The number of carbonyl (C=O) groups excluding carboxylic acids is 2. The first-order valence-electron chi connectivity index (χ1n) is 10.1. The van der Waals surface area contributed by atoms with Crippen LogP contribution in [0.5, 0.6) is 0 Å². The standard InChI is InChI=1S/C26H19FINO2/c1-13-16-8-9-18-17-5-3-4-6-19(17)23(29-22-10-7-15(28)11-21(22)27)12-20(18)24(16)26(31)14(2)25(13)30/h3-14,29H,1-2H3. The molecule has 0 fully saturated rings. The summed E-state index contributed by atoms with van der Waals surface area (Å²) in [6.45, 7) is 3.54. The van der Waals surface area contributed by atoms with Gasteiger partial charge < -0.3 is 5.32 Å². The average molecular weight is 523 g/mol. The Kier molecular flexibility index (Phi) is 4.81. The first-order valence-corrected chi connectivity index (χ1v) is 11.2. The van der Waals surface area contributed by atoms with E-state index in [1.165, 1.54) is 6.07 Å². The quantitative estimate of drug-likeness (QED) is 0.175. The maximum Gasteiger partial charge on any atom is 0.173 e. The molecule has 2 unspecified atom stereocenters. The number of fused-ring (bicyclic) bond motifs is 5. The van der Waals surface area contributed by atoms with Crippen LogP contribution in [0.2, 0.25) is 0 Å². The Morgan fingerprint density at radius 2 is 1.52 bits per heavy atom. The SMILES string of the molecule is CC1C(=O)c2c(ccc3c2cc(Nc2ccc(I)cc2F)c2ccccc23)C(C)C1=O. The third-order valence-corrected chi connectivity index (χ3v) is 6.91. The van der Waals surface area contributed by atoms with E-state index in [0.29, 0.717) is 11.3 Å². The Bertz CT molecular complexity index is 1410. The molecular weight excluding hydrogens is 504 g/mol. The smallest absolute Gasteiger partial charge is 0.173 e. The fraction of sp³-hybridized carbons (Fsp3) is 0.154. The van der Waals surface area contributed by atoms with Crippen LogP contribution in [0, 0.1) is 15.3 Å². The van der Waals surface area contributed by atoms with E-state index in [4.69, 9.17) is 0 Å². The summed E-state index contributed by atoms with van der Waals surface area (Å²) in [5.41, 5.74) is 2.47. The van der Waals surface area contributed by atoms with Crippen LogP contribution in [0.3, 0.4) is 0 Å². The highest BCUT2D eigenvalue weighted by Gasteiger charge is 2.37. The molecule has 0 amide bonds. The molecule has 0 bridgehead atoms. The van der Waals surface area contributed by atoms with Crippen LogP contribution in [-0.2, 0) is 4.79 Å². The Labute approximate surface area is 192 Å². The van der Waals surface area contributed by atoms with Gasteiger partial charge in [0.05, 0.1) is 11.6 Å². The molecule has 3 nitrogen and oxygen atoms in total. The second-order valence-electron chi connectivity index (χ2n) is 8.05. The molecule has 0 saturated heterocycles. The van der Waals surface area contributed by atoms with E-state index in [0.717, 1.165) is 36.4 Å². The molecule has 2 atom stereocenters. The van der Waals surface area contributed by atoms with Crippen LogP contribution in [0.25, 0.3) is 21.5 Å². The normalized spacial score (nSPS) is 18.5. The lowest BCUT2D eigenvalue weighted by Gasteiger charge is -2.27. The third kappa shape index (κ3) is 3.14. The molecule has 1 N–H and O–H groups in total. The molecule has 1 aliphatic rings. The van der Waals surface area contributed by atoms with Crippen LogP contribution in [-0.4, -0.2) is 11.6 Å². The molecule has 0 saturated carbocycles. The van der Waals surface area contributed by atoms with E-state index in [2.05, 4.69) is 27.9 Å². The first-order chi connectivity index (χ1) is 14.9. The van der Waals surface area contributed by atoms with E-state index < -0.39 is 5.92 Å². The Morgan fingerprint density at radius 3 is 2.26 bits per heavy atom. The van der Waals surface area contributed by atoms with Crippen molar-refractivity contribution in [1.82, 2.24) is 0 Å². The highest BCUT2D eigenvalue weighted by Crippen LogP contribution is 2.41. The van der Waals surface area contributed by atoms with Crippen molar-refractivity contribution < 1.29 is 14.0 Å². The maximum atomic E-state index is 14.6. The lowest BCUT2D eigenvalue weighted by atomic mass is 9.74. The maximum absolute atomic E-state index is 14.6. The molecule has 154 valence electrons. The summed E-state index contributed by atoms with van der Waals surface area (Å²) in [6.07, 6.45) is 0. The van der Waals surface area contributed by atoms with Crippen LogP contribution < -0.4 is 5.32 Å². The predicted molar refractivity (Wildman–Crippen MR) is 131 cm³/mol. The molecule has 0 spiro atoms. The topological polar surface area (TPSA) is 46.2 Å². The fourth-order valence-electron chi connectivity index (χ4n) is 4.55. The first kappa shape index (κ1) is 20.1. The third-order valence-electron chi connectivity index (χ3n) is 6.23. The fourth-order valence-corrected chi connectivity index (χ4v) is 5.00. The molecule has 0 heterocycles. The van der Waals surface area contributed by atoms with E-state index in [-0.39, 0.29) is 23.3 Å². The number of halogens is 2. The van der Waals surface area contributed by atoms with E-state index in [1.807, 2.05) is 55.5 Å². The number of hydrogen-bond acceptors (Lipinski definition) is 3. The molecule has 0 aliphatic heterocycles. The van der Waals surface area contributed by atoms with Crippen molar-refractivity contribution in [2.75, 3.05) is 5.32 Å². The van der Waals surface area contributed by atoms with Crippen LogP contribution in [0.4, 0.5) is 15.8 Å². The average Bonchev–Trinajstić information content (AvgIpc) is 2.77. The Hall–Kier alpha value is -2.80. The number of anilines is 2. The molecule has 0 aromatic heterocycles. The van der Waals surface area contributed by atoms with Gasteiger partial charge in [0.1, 0.15) is 5.82 Å².